The normalized spacial score (nSPS) is 13.8. The molecular weight excluding hydrogens is 205 g/mol. The summed E-state index contributed by atoms with van der Waals surface area (Å²) in [6.07, 6.45) is 0. The molecule has 90 valence electrons. The molecule has 0 spiro atoms. The molecule has 0 radical (unpaired) electrons. The molecule has 1 unspecified atom stereocenters. The maximum atomic E-state index is 13.7. The molecule has 0 aliphatic heterocycles. The van der Waals surface area contributed by atoms with Crippen molar-refractivity contribution in [2.24, 2.45) is 0 Å². The van der Waals surface area contributed by atoms with Gasteiger partial charge >= 0.3 is 0 Å². The van der Waals surface area contributed by atoms with E-state index in [1.54, 1.807) is 12.1 Å². The number of hydrogen-bond acceptors (Lipinski definition) is 2. The van der Waals surface area contributed by atoms with Crippen molar-refractivity contribution in [1.82, 2.24) is 5.32 Å². The Kier molecular flexibility index (Phi) is 4.44. The first kappa shape index (κ1) is 13.1. The van der Waals surface area contributed by atoms with E-state index in [2.05, 4.69) is 5.32 Å². The lowest BCUT2D eigenvalue weighted by molar-refractivity contribution is -0.0382. The topological polar surface area (TPSA) is 21.3 Å². The third-order valence-corrected chi connectivity index (χ3v) is 2.72. The Labute approximate surface area is 96.8 Å². The van der Waals surface area contributed by atoms with Crippen molar-refractivity contribution in [3.63, 3.8) is 0 Å². The van der Waals surface area contributed by atoms with Gasteiger partial charge in [0.1, 0.15) is 5.82 Å². The summed E-state index contributed by atoms with van der Waals surface area (Å²) in [5.41, 5.74) is 0.203. The monoisotopic (exact) mass is 225 g/mol. The average molecular weight is 225 g/mol. The van der Waals surface area contributed by atoms with E-state index in [9.17, 15) is 4.39 Å². The van der Waals surface area contributed by atoms with E-state index in [0.29, 0.717) is 12.2 Å². The van der Waals surface area contributed by atoms with Crippen LogP contribution in [0.1, 0.15) is 32.4 Å². The number of rotatable bonds is 5. The number of halogens is 1. The molecule has 0 heterocycles. The molecule has 0 saturated heterocycles. The summed E-state index contributed by atoms with van der Waals surface area (Å²) in [7, 11) is 1.82. The van der Waals surface area contributed by atoms with Gasteiger partial charge in [-0.25, -0.2) is 4.39 Å². The summed E-state index contributed by atoms with van der Waals surface area (Å²) in [5.74, 6) is -0.199. The lowest BCUT2D eigenvalue weighted by atomic mass is 9.91. The minimum atomic E-state index is -0.439. The second-order valence-electron chi connectivity index (χ2n) is 4.28. The van der Waals surface area contributed by atoms with Crippen LogP contribution in [0.4, 0.5) is 4.39 Å². The number of benzene rings is 1. The highest BCUT2D eigenvalue weighted by Gasteiger charge is 2.31. The fourth-order valence-corrected chi connectivity index (χ4v) is 2.04. The van der Waals surface area contributed by atoms with Crippen molar-refractivity contribution in [3.8, 4) is 0 Å². The molecule has 0 fully saturated rings. The first-order valence-corrected chi connectivity index (χ1v) is 5.58. The lowest BCUT2D eigenvalue weighted by Gasteiger charge is -2.34. The third-order valence-electron chi connectivity index (χ3n) is 2.72. The van der Waals surface area contributed by atoms with E-state index in [1.807, 2.05) is 33.9 Å². The molecule has 0 amide bonds. The minimum absolute atomic E-state index is 0.159. The maximum Gasteiger partial charge on any atom is 0.128 e. The van der Waals surface area contributed by atoms with Gasteiger partial charge in [-0.1, -0.05) is 18.2 Å². The van der Waals surface area contributed by atoms with Crippen molar-refractivity contribution in [2.45, 2.75) is 32.4 Å². The summed E-state index contributed by atoms with van der Waals surface area (Å²) < 4.78 is 19.4. The summed E-state index contributed by atoms with van der Waals surface area (Å²) in [5, 5.41) is 3.12. The molecule has 1 N–H and O–H groups in total. The van der Waals surface area contributed by atoms with Gasteiger partial charge in [0.15, 0.2) is 0 Å². The van der Waals surface area contributed by atoms with Crippen LogP contribution in [-0.4, -0.2) is 19.3 Å². The smallest absolute Gasteiger partial charge is 0.128 e. The Balaban J connectivity index is 3.03. The molecule has 16 heavy (non-hydrogen) atoms. The minimum Gasteiger partial charge on any atom is -0.374 e. The van der Waals surface area contributed by atoms with Gasteiger partial charge in [-0.2, -0.15) is 0 Å². The van der Waals surface area contributed by atoms with Crippen LogP contribution < -0.4 is 5.32 Å². The van der Waals surface area contributed by atoms with Gasteiger partial charge in [-0.05, 0) is 33.9 Å². The molecular formula is C13H20FNO. The average Bonchev–Trinajstić information content (AvgIpc) is 2.21. The Morgan fingerprint density at radius 3 is 2.50 bits per heavy atom. The zero-order valence-electron chi connectivity index (χ0n) is 10.4. The molecule has 0 aromatic heterocycles. The van der Waals surface area contributed by atoms with Crippen molar-refractivity contribution in [1.29, 1.82) is 0 Å². The van der Waals surface area contributed by atoms with Crippen LogP contribution in [0.5, 0.6) is 0 Å². The maximum absolute atomic E-state index is 13.7. The van der Waals surface area contributed by atoms with Crippen molar-refractivity contribution in [2.75, 3.05) is 13.7 Å². The van der Waals surface area contributed by atoms with Gasteiger partial charge in [0.05, 0.1) is 11.6 Å². The SMILES string of the molecule is CCOC(C)(C)C(NC)c1ccccc1F. The predicted molar refractivity (Wildman–Crippen MR) is 63.9 cm³/mol. The van der Waals surface area contributed by atoms with Gasteiger partial charge in [-0.15, -0.1) is 0 Å². The zero-order valence-corrected chi connectivity index (χ0v) is 10.4. The molecule has 1 rings (SSSR count). The predicted octanol–water partition coefficient (Wildman–Crippen LogP) is 2.90. The zero-order chi connectivity index (χ0) is 12.2. The fraction of sp³-hybridized carbons (Fsp3) is 0.538. The van der Waals surface area contributed by atoms with E-state index < -0.39 is 5.60 Å². The number of nitrogens with one attached hydrogen (secondary N) is 1. The Bertz CT molecular complexity index is 338. The molecule has 2 nitrogen and oxygen atoms in total. The van der Waals surface area contributed by atoms with Crippen LogP contribution in [0.2, 0.25) is 0 Å². The second kappa shape index (κ2) is 5.41. The number of ether oxygens (including phenoxy) is 1. The first-order valence-electron chi connectivity index (χ1n) is 5.58. The molecule has 1 aromatic carbocycles. The van der Waals surface area contributed by atoms with Gasteiger partial charge in [-0.3, -0.25) is 0 Å². The molecule has 1 aromatic rings. The van der Waals surface area contributed by atoms with Gasteiger partial charge in [0.25, 0.3) is 0 Å². The molecule has 0 aliphatic carbocycles. The summed E-state index contributed by atoms with van der Waals surface area (Å²) in [4.78, 5) is 0. The van der Waals surface area contributed by atoms with E-state index in [0.717, 1.165) is 0 Å². The number of likely N-dealkylation sites (N-methyl/N-ethyl adjacent to an activating group) is 1. The highest BCUT2D eigenvalue weighted by molar-refractivity contribution is 5.23. The van der Waals surface area contributed by atoms with Crippen molar-refractivity contribution in [3.05, 3.63) is 35.6 Å². The summed E-state index contributed by atoms with van der Waals surface area (Å²) >= 11 is 0. The largest absolute Gasteiger partial charge is 0.374 e. The van der Waals surface area contributed by atoms with Crippen LogP contribution in [0.25, 0.3) is 0 Å². The van der Waals surface area contributed by atoms with Gasteiger partial charge in [0, 0.05) is 12.2 Å². The Morgan fingerprint density at radius 1 is 1.38 bits per heavy atom. The Hall–Kier alpha value is -0.930. The van der Waals surface area contributed by atoms with Crippen molar-refractivity contribution < 1.29 is 9.13 Å². The molecule has 0 bridgehead atoms. The molecule has 3 heteroatoms. The summed E-state index contributed by atoms with van der Waals surface area (Å²) in [6.45, 7) is 6.48. The van der Waals surface area contributed by atoms with Crippen LogP contribution in [0.3, 0.4) is 0 Å². The molecule has 0 aliphatic rings. The fourth-order valence-electron chi connectivity index (χ4n) is 2.04. The van der Waals surface area contributed by atoms with E-state index >= 15 is 0 Å². The van der Waals surface area contributed by atoms with E-state index in [-0.39, 0.29) is 11.9 Å². The van der Waals surface area contributed by atoms with Crippen LogP contribution >= 0.6 is 0 Å². The van der Waals surface area contributed by atoms with E-state index in [4.69, 9.17) is 4.74 Å². The van der Waals surface area contributed by atoms with Crippen LogP contribution in [0, 0.1) is 5.82 Å². The van der Waals surface area contributed by atoms with Crippen LogP contribution in [-0.2, 0) is 4.74 Å². The quantitative estimate of drug-likeness (QED) is 0.832. The van der Waals surface area contributed by atoms with Crippen molar-refractivity contribution >= 4 is 0 Å². The Morgan fingerprint density at radius 2 is 2.00 bits per heavy atom. The molecule has 0 saturated carbocycles. The summed E-state index contributed by atoms with van der Waals surface area (Å²) in [6, 6.07) is 6.64. The first-order chi connectivity index (χ1) is 7.53. The second-order valence-corrected chi connectivity index (χ2v) is 4.28. The highest BCUT2D eigenvalue weighted by atomic mass is 19.1. The van der Waals surface area contributed by atoms with Crippen LogP contribution in [0.15, 0.2) is 24.3 Å². The lowest BCUT2D eigenvalue weighted by Crippen LogP contribution is -2.40. The number of hydrogen-bond donors (Lipinski definition) is 1. The van der Waals surface area contributed by atoms with Gasteiger partial charge < -0.3 is 10.1 Å². The van der Waals surface area contributed by atoms with Gasteiger partial charge in [0.2, 0.25) is 0 Å². The standard InChI is InChI=1S/C13H20FNO/c1-5-16-13(2,3)12(15-4)10-8-6-7-9-11(10)14/h6-9,12,15H,5H2,1-4H3. The third kappa shape index (κ3) is 2.80. The highest BCUT2D eigenvalue weighted by Crippen LogP contribution is 2.29. The van der Waals surface area contributed by atoms with E-state index in [1.165, 1.54) is 6.07 Å². The molecule has 1 atom stereocenters.